The SMILES string of the molecule is COc1ccc(C(=O)O)c(OC(=O)CC(=O)Nc2ccccc2)c1OC. The number of carbonyl (C=O) groups excluding carboxylic acids is 2. The first-order valence-corrected chi connectivity index (χ1v) is 7.50. The average molecular weight is 359 g/mol. The second-order valence-electron chi connectivity index (χ2n) is 5.05. The Bertz CT molecular complexity index is 818. The number of amides is 1. The molecule has 2 rings (SSSR count). The Balaban J connectivity index is 2.17. The van der Waals surface area contributed by atoms with Gasteiger partial charge in [-0.15, -0.1) is 0 Å². The summed E-state index contributed by atoms with van der Waals surface area (Å²) in [6.07, 6.45) is -0.603. The Morgan fingerprint density at radius 1 is 0.962 bits per heavy atom. The molecule has 2 aromatic rings. The number of hydrogen-bond acceptors (Lipinski definition) is 6. The van der Waals surface area contributed by atoms with E-state index in [9.17, 15) is 19.5 Å². The summed E-state index contributed by atoms with van der Waals surface area (Å²) in [5.41, 5.74) is 0.231. The van der Waals surface area contributed by atoms with Gasteiger partial charge < -0.3 is 24.6 Å². The number of ether oxygens (including phenoxy) is 3. The molecule has 0 bridgehead atoms. The number of carbonyl (C=O) groups is 3. The van der Waals surface area contributed by atoms with Gasteiger partial charge >= 0.3 is 11.9 Å². The van der Waals surface area contributed by atoms with Crippen LogP contribution in [0, 0.1) is 0 Å². The third kappa shape index (κ3) is 4.50. The van der Waals surface area contributed by atoms with E-state index < -0.39 is 24.3 Å². The van der Waals surface area contributed by atoms with Crippen molar-refractivity contribution < 1.29 is 33.7 Å². The predicted octanol–water partition coefficient (Wildman–Crippen LogP) is 2.34. The first-order valence-electron chi connectivity index (χ1n) is 7.50. The number of para-hydroxylation sites is 1. The van der Waals surface area contributed by atoms with E-state index in [1.807, 2.05) is 0 Å². The standard InChI is InChI=1S/C18H17NO7/c1-24-13-9-8-12(18(22)23)16(17(13)25-2)26-15(21)10-14(20)19-11-6-4-3-5-7-11/h3-9H,10H2,1-2H3,(H,19,20)(H,22,23). The number of hydrogen-bond donors (Lipinski definition) is 2. The molecule has 136 valence electrons. The molecule has 0 saturated carbocycles. The second kappa shape index (κ2) is 8.52. The Labute approximate surface area is 149 Å². The third-order valence-electron chi connectivity index (χ3n) is 3.31. The molecule has 2 N–H and O–H groups in total. The molecule has 2 aromatic carbocycles. The van der Waals surface area contributed by atoms with E-state index in [0.29, 0.717) is 5.69 Å². The van der Waals surface area contributed by atoms with Crippen LogP contribution in [0.25, 0.3) is 0 Å². The lowest BCUT2D eigenvalue weighted by Crippen LogP contribution is -2.21. The molecule has 0 heterocycles. The Kier molecular flexibility index (Phi) is 6.15. The van der Waals surface area contributed by atoms with Gasteiger partial charge in [0.05, 0.1) is 14.2 Å². The maximum atomic E-state index is 12.1. The van der Waals surface area contributed by atoms with Gasteiger partial charge in [-0.05, 0) is 24.3 Å². The largest absolute Gasteiger partial charge is 0.493 e. The van der Waals surface area contributed by atoms with E-state index >= 15 is 0 Å². The van der Waals surface area contributed by atoms with Crippen molar-refractivity contribution in [2.75, 3.05) is 19.5 Å². The van der Waals surface area contributed by atoms with Crippen LogP contribution in [0.1, 0.15) is 16.8 Å². The molecule has 0 saturated heterocycles. The fraction of sp³-hybridized carbons (Fsp3) is 0.167. The highest BCUT2D eigenvalue weighted by molar-refractivity contribution is 6.03. The van der Waals surface area contributed by atoms with Crippen molar-refractivity contribution >= 4 is 23.5 Å². The molecule has 0 unspecified atom stereocenters. The van der Waals surface area contributed by atoms with Crippen LogP contribution in [0.4, 0.5) is 5.69 Å². The lowest BCUT2D eigenvalue weighted by atomic mass is 10.1. The third-order valence-corrected chi connectivity index (χ3v) is 3.31. The van der Waals surface area contributed by atoms with Crippen molar-refractivity contribution in [3.05, 3.63) is 48.0 Å². The normalized spacial score (nSPS) is 9.92. The molecule has 8 nitrogen and oxygen atoms in total. The summed E-state index contributed by atoms with van der Waals surface area (Å²) in [6.45, 7) is 0. The minimum absolute atomic E-state index is 0.0517. The number of carboxylic acids is 1. The number of rotatable bonds is 7. The fourth-order valence-electron chi connectivity index (χ4n) is 2.18. The number of carboxylic acid groups (broad SMARTS) is 1. The van der Waals surface area contributed by atoms with E-state index in [2.05, 4.69) is 5.32 Å². The fourth-order valence-corrected chi connectivity index (χ4v) is 2.18. The highest BCUT2D eigenvalue weighted by Crippen LogP contribution is 2.40. The lowest BCUT2D eigenvalue weighted by Gasteiger charge is -2.14. The van der Waals surface area contributed by atoms with Crippen LogP contribution < -0.4 is 19.5 Å². The van der Waals surface area contributed by atoms with Crippen LogP contribution >= 0.6 is 0 Å². The number of aromatic carboxylic acids is 1. The van der Waals surface area contributed by atoms with E-state index in [-0.39, 0.29) is 22.8 Å². The van der Waals surface area contributed by atoms with Crippen LogP contribution in [-0.2, 0) is 9.59 Å². The number of benzene rings is 2. The molecule has 0 radical (unpaired) electrons. The van der Waals surface area contributed by atoms with E-state index in [0.717, 1.165) is 0 Å². The summed E-state index contributed by atoms with van der Waals surface area (Å²) >= 11 is 0. The maximum absolute atomic E-state index is 12.1. The Morgan fingerprint density at radius 3 is 2.23 bits per heavy atom. The van der Waals surface area contributed by atoms with Gasteiger partial charge in [0.15, 0.2) is 11.5 Å². The zero-order valence-electron chi connectivity index (χ0n) is 14.1. The van der Waals surface area contributed by atoms with Crippen molar-refractivity contribution in [2.24, 2.45) is 0 Å². The van der Waals surface area contributed by atoms with Crippen molar-refractivity contribution in [1.82, 2.24) is 0 Å². The number of methoxy groups -OCH3 is 2. The molecular weight excluding hydrogens is 342 g/mol. The summed E-state index contributed by atoms with van der Waals surface area (Å²) in [4.78, 5) is 35.4. The molecule has 0 aliphatic carbocycles. The van der Waals surface area contributed by atoms with Crippen molar-refractivity contribution in [3.8, 4) is 17.2 Å². The quantitative estimate of drug-likeness (QED) is 0.443. The van der Waals surface area contributed by atoms with Gasteiger partial charge in [-0.25, -0.2) is 4.79 Å². The number of esters is 1. The van der Waals surface area contributed by atoms with Crippen LogP contribution in [-0.4, -0.2) is 37.2 Å². The van der Waals surface area contributed by atoms with Gasteiger partial charge in [0, 0.05) is 5.69 Å². The molecule has 1 amide bonds. The van der Waals surface area contributed by atoms with E-state index in [1.54, 1.807) is 30.3 Å². The summed E-state index contributed by atoms with van der Waals surface area (Å²) in [6, 6.07) is 11.2. The first kappa shape index (κ1) is 18.8. The molecule has 0 fully saturated rings. The smallest absolute Gasteiger partial charge is 0.339 e. The highest BCUT2D eigenvalue weighted by atomic mass is 16.6. The molecule has 26 heavy (non-hydrogen) atoms. The summed E-state index contributed by atoms with van der Waals surface area (Å²) in [7, 11) is 2.64. The highest BCUT2D eigenvalue weighted by Gasteiger charge is 2.24. The van der Waals surface area contributed by atoms with Gasteiger partial charge in [0.2, 0.25) is 11.7 Å². The minimum atomic E-state index is -1.32. The van der Waals surface area contributed by atoms with Crippen LogP contribution in [0.15, 0.2) is 42.5 Å². The molecule has 0 atom stereocenters. The molecule has 0 spiro atoms. The molecule has 0 aromatic heterocycles. The van der Waals surface area contributed by atoms with Gasteiger partial charge in [-0.2, -0.15) is 0 Å². The summed E-state index contributed by atoms with van der Waals surface area (Å²) in [5, 5.41) is 11.8. The van der Waals surface area contributed by atoms with Crippen LogP contribution in [0.2, 0.25) is 0 Å². The molecule has 0 aliphatic rings. The summed E-state index contributed by atoms with van der Waals surface area (Å²) < 4.78 is 15.3. The molecular formula is C18H17NO7. The van der Waals surface area contributed by atoms with Gasteiger partial charge in [0.25, 0.3) is 0 Å². The maximum Gasteiger partial charge on any atom is 0.339 e. The second-order valence-corrected chi connectivity index (χ2v) is 5.05. The molecule has 8 heteroatoms. The lowest BCUT2D eigenvalue weighted by molar-refractivity contribution is -0.137. The zero-order chi connectivity index (χ0) is 19.1. The van der Waals surface area contributed by atoms with Crippen molar-refractivity contribution in [3.63, 3.8) is 0 Å². The van der Waals surface area contributed by atoms with Crippen molar-refractivity contribution in [1.29, 1.82) is 0 Å². The average Bonchev–Trinajstić information content (AvgIpc) is 2.61. The summed E-state index contributed by atoms with van der Waals surface area (Å²) in [5.74, 6) is -3.04. The topological polar surface area (TPSA) is 111 Å². The van der Waals surface area contributed by atoms with Crippen LogP contribution in [0.3, 0.4) is 0 Å². The van der Waals surface area contributed by atoms with Crippen molar-refractivity contribution in [2.45, 2.75) is 6.42 Å². The molecule has 0 aliphatic heterocycles. The Morgan fingerprint density at radius 2 is 1.65 bits per heavy atom. The number of anilines is 1. The number of nitrogens with one attached hydrogen (secondary N) is 1. The zero-order valence-corrected chi connectivity index (χ0v) is 14.1. The van der Waals surface area contributed by atoms with Gasteiger partial charge in [0.1, 0.15) is 12.0 Å². The first-order chi connectivity index (χ1) is 12.5. The van der Waals surface area contributed by atoms with E-state index in [1.165, 1.54) is 26.4 Å². The van der Waals surface area contributed by atoms with Crippen LogP contribution in [0.5, 0.6) is 17.2 Å². The van der Waals surface area contributed by atoms with Gasteiger partial charge in [-0.1, -0.05) is 18.2 Å². The monoisotopic (exact) mass is 359 g/mol. The minimum Gasteiger partial charge on any atom is -0.493 e. The Hall–Kier alpha value is -3.55. The predicted molar refractivity (Wildman–Crippen MR) is 91.8 cm³/mol. The van der Waals surface area contributed by atoms with E-state index in [4.69, 9.17) is 14.2 Å². The van der Waals surface area contributed by atoms with Gasteiger partial charge in [-0.3, -0.25) is 9.59 Å².